The fourth-order valence-corrected chi connectivity index (χ4v) is 2.21. The molecule has 0 aliphatic heterocycles. The SMILES string of the molecule is CCCc1ccc(OC=C(OC)c2ccccc2)c(OC)c1. The zero-order chi connectivity index (χ0) is 15.8. The third kappa shape index (κ3) is 4.04. The Morgan fingerprint density at radius 1 is 1.00 bits per heavy atom. The van der Waals surface area contributed by atoms with Gasteiger partial charge in [0.25, 0.3) is 0 Å². The largest absolute Gasteiger partial charge is 0.493 e. The summed E-state index contributed by atoms with van der Waals surface area (Å²) in [4.78, 5) is 0. The zero-order valence-electron chi connectivity index (χ0n) is 13.3. The topological polar surface area (TPSA) is 27.7 Å². The highest BCUT2D eigenvalue weighted by Gasteiger charge is 2.07. The van der Waals surface area contributed by atoms with Crippen LogP contribution in [-0.2, 0) is 11.2 Å². The second-order valence-corrected chi connectivity index (χ2v) is 4.91. The fraction of sp³-hybridized carbons (Fsp3) is 0.263. The van der Waals surface area contributed by atoms with Crippen molar-refractivity contribution in [2.24, 2.45) is 0 Å². The molecule has 0 spiro atoms. The van der Waals surface area contributed by atoms with Crippen molar-refractivity contribution >= 4 is 5.76 Å². The lowest BCUT2D eigenvalue weighted by Crippen LogP contribution is -1.95. The molecule has 0 radical (unpaired) electrons. The van der Waals surface area contributed by atoms with Gasteiger partial charge in [0.05, 0.1) is 14.2 Å². The molecule has 0 unspecified atom stereocenters. The van der Waals surface area contributed by atoms with Gasteiger partial charge < -0.3 is 14.2 Å². The van der Waals surface area contributed by atoms with Crippen LogP contribution in [0.15, 0.2) is 54.8 Å². The highest BCUT2D eigenvalue weighted by Crippen LogP contribution is 2.29. The maximum absolute atomic E-state index is 5.76. The average molecular weight is 298 g/mol. The number of hydrogen-bond donors (Lipinski definition) is 0. The number of rotatable bonds is 7. The normalized spacial score (nSPS) is 11.1. The molecule has 116 valence electrons. The maximum Gasteiger partial charge on any atom is 0.168 e. The Bertz CT molecular complexity index is 618. The van der Waals surface area contributed by atoms with Crippen LogP contribution in [0.5, 0.6) is 11.5 Å². The van der Waals surface area contributed by atoms with Crippen molar-refractivity contribution in [2.45, 2.75) is 19.8 Å². The van der Waals surface area contributed by atoms with Crippen molar-refractivity contribution in [3.63, 3.8) is 0 Å². The lowest BCUT2D eigenvalue weighted by Gasteiger charge is -2.11. The monoisotopic (exact) mass is 298 g/mol. The molecule has 0 heterocycles. The molecule has 0 N–H and O–H groups in total. The van der Waals surface area contributed by atoms with Gasteiger partial charge in [-0.05, 0) is 24.1 Å². The van der Waals surface area contributed by atoms with Crippen molar-refractivity contribution in [2.75, 3.05) is 14.2 Å². The summed E-state index contributed by atoms with van der Waals surface area (Å²) in [7, 11) is 3.28. The number of methoxy groups -OCH3 is 2. The van der Waals surface area contributed by atoms with Crippen LogP contribution < -0.4 is 9.47 Å². The van der Waals surface area contributed by atoms with E-state index in [1.165, 1.54) is 5.56 Å². The molecule has 0 aromatic heterocycles. The Morgan fingerprint density at radius 3 is 2.41 bits per heavy atom. The zero-order valence-corrected chi connectivity index (χ0v) is 13.3. The van der Waals surface area contributed by atoms with E-state index in [-0.39, 0.29) is 0 Å². The second-order valence-electron chi connectivity index (χ2n) is 4.91. The molecule has 22 heavy (non-hydrogen) atoms. The van der Waals surface area contributed by atoms with Crippen LogP contribution in [-0.4, -0.2) is 14.2 Å². The maximum atomic E-state index is 5.76. The molecule has 0 aliphatic rings. The minimum atomic E-state index is 0.667. The molecule has 0 atom stereocenters. The molecule has 0 saturated carbocycles. The van der Waals surface area contributed by atoms with Gasteiger partial charge >= 0.3 is 0 Å². The molecule has 0 fully saturated rings. The molecular formula is C19H22O3. The molecule has 3 nitrogen and oxygen atoms in total. The van der Waals surface area contributed by atoms with E-state index in [9.17, 15) is 0 Å². The Morgan fingerprint density at radius 2 is 1.77 bits per heavy atom. The summed E-state index contributed by atoms with van der Waals surface area (Å²) < 4.78 is 16.6. The number of aryl methyl sites for hydroxylation is 1. The number of hydrogen-bond acceptors (Lipinski definition) is 3. The highest BCUT2D eigenvalue weighted by atomic mass is 16.5. The van der Waals surface area contributed by atoms with E-state index in [0.29, 0.717) is 11.5 Å². The minimum absolute atomic E-state index is 0.667. The predicted octanol–water partition coefficient (Wildman–Crippen LogP) is 4.67. The van der Waals surface area contributed by atoms with Gasteiger partial charge in [0, 0.05) is 5.56 Å². The van der Waals surface area contributed by atoms with Crippen LogP contribution >= 0.6 is 0 Å². The third-order valence-electron chi connectivity index (χ3n) is 3.34. The average Bonchev–Trinajstić information content (AvgIpc) is 2.57. The third-order valence-corrected chi connectivity index (χ3v) is 3.34. The molecule has 2 rings (SSSR count). The van der Waals surface area contributed by atoms with E-state index in [2.05, 4.69) is 13.0 Å². The van der Waals surface area contributed by atoms with Crippen LogP contribution in [0.25, 0.3) is 5.76 Å². The van der Waals surface area contributed by atoms with Gasteiger partial charge in [0.2, 0.25) is 0 Å². The molecule has 0 aliphatic carbocycles. The van der Waals surface area contributed by atoms with Crippen LogP contribution in [0.1, 0.15) is 24.5 Å². The first kappa shape index (κ1) is 16.0. The van der Waals surface area contributed by atoms with E-state index < -0.39 is 0 Å². The molecule has 3 heteroatoms. The molecule has 2 aromatic rings. The van der Waals surface area contributed by atoms with Crippen LogP contribution in [0.4, 0.5) is 0 Å². The van der Waals surface area contributed by atoms with Gasteiger partial charge in [0.1, 0.15) is 6.26 Å². The molecular weight excluding hydrogens is 276 g/mol. The first-order valence-corrected chi connectivity index (χ1v) is 7.41. The molecule has 0 bridgehead atoms. The van der Waals surface area contributed by atoms with Crippen molar-refractivity contribution in [1.82, 2.24) is 0 Å². The van der Waals surface area contributed by atoms with E-state index >= 15 is 0 Å². The van der Waals surface area contributed by atoms with E-state index in [4.69, 9.17) is 14.2 Å². The van der Waals surface area contributed by atoms with E-state index in [0.717, 1.165) is 24.2 Å². The van der Waals surface area contributed by atoms with E-state index in [1.807, 2.05) is 42.5 Å². The summed E-state index contributed by atoms with van der Waals surface area (Å²) in [6.45, 7) is 2.16. The van der Waals surface area contributed by atoms with E-state index in [1.54, 1.807) is 20.5 Å². The van der Waals surface area contributed by atoms with Gasteiger partial charge in [-0.25, -0.2) is 0 Å². The minimum Gasteiger partial charge on any atom is -0.493 e. The lowest BCUT2D eigenvalue weighted by molar-refractivity contribution is 0.342. The number of benzene rings is 2. The summed E-state index contributed by atoms with van der Waals surface area (Å²) in [5, 5.41) is 0. The molecule has 0 saturated heterocycles. The van der Waals surface area contributed by atoms with Crippen molar-refractivity contribution in [3.8, 4) is 11.5 Å². The summed E-state index contributed by atoms with van der Waals surface area (Å²) in [5.41, 5.74) is 2.21. The van der Waals surface area contributed by atoms with Crippen LogP contribution in [0.2, 0.25) is 0 Å². The number of ether oxygens (including phenoxy) is 3. The van der Waals surface area contributed by atoms with Gasteiger partial charge in [-0.2, -0.15) is 0 Å². The highest BCUT2D eigenvalue weighted by molar-refractivity contribution is 5.59. The summed E-state index contributed by atoms with van der Waals surface area (Å²) >= 11 is 0. The van der Waals surface area contributed by atoms with Gasteiger partial charge in [0.15, 0.2) is 17.3 Å². The van der Waals surface area contributed by atoms with Crippen LogP contribution in [0, 0.1) is 0 Å². The Labute approximate surface area is 132 Å². The summed E-state index contributed by atoms with van der Waals surface area (Å²) in [6, 6.07) is 15.8. The summed E-state index contributed by atoms with van der Waals surface area (Å²) in [6.07, 6.45) is 3.73. The standard InChI is InChI=1S/C19H22O3/c1-4-8-15-11-12-17(18(13-15)20-2)22-14-19(21-3)16-9-6-5-7-10-16/h5-7,9-14H,4,8H2,1-3H3. The van der Waals surface area contributed by atoms with Crippen molar-refractivity contribution in [1.29, 1.82) is 0 Å². The molecule has 2 aromatic carbocycles. The Hall–Kier alpha value is -2.42. The Kier molecular flexibility index (Phi) is 5.90. The first-order valence-electron chi connectivity index (χ1n) is 7.41. The predicted molar refractivity (Wildman–Crippen MR) is 89.0 cm³/mol. The van der Waals surface area contributed by atoms with Crippen LogP contribution in [0.3, 0.4) is 0 Å². The summed E-state index contributed by atoms with van der Waals surface area (Å²) in [5.74, 6) is 2.07. The fourth-order valence-electron chi connectivity index (χ4n) is 2.21. The first-order chi connectivity index (χ1) is 10.8. The second kappa shape index (κ2) is 8.13. The van der Waals surface area contributed by atoms with Crippen molar-refractivity contribution in [3.05, 3.63) is 65.9 Å². The van der Waals surface area contributed by atoms with Gasteiger partial charge in [-0.1, -0.05) is 49.7 Å². The van der Waals surface area contributed by atoms with Gasteiger partial charge in [-0.15, -0.1) is 0 Å². The van der Waals surface area contributed by atoms with Gasteiger partial charge in [-0.3, -0.25) is 0 Å². The molecule has 0 amide bonds. The van der Waals surface area contributed by atoms with Crippen molar-refractivity contribution < 1.29 is 14.2 Å². The quantitative estimate of drug-likeness (QED) is 0.695. The Balaban J connectivity index is 2.20. The smallest absolute Gasteiger partial charge is 0.168 e. The lowest BCUT2D eigenvalue weighted by atomic mass is 10.1.